The third-order valence-corrected chi connectivity index (χ3v) is 4.63. The van der Waals surface area contributed by atoms with Crippen molar-refractivity contribution in [1.29, 1.82) is 0 Å². The number of benzene rings is 2. The van der Waals surface area contributed by atoms with E-state index in [4.69, 9.17) is 0 Å². The number of anilines is 3. The molecule has 1 aliphatic carbocycles. The third kappa shape index (κ3) is 3.12. The minimum atomic E-state index is -0.852. The number of nitrogens with one attached hydrogen (secondary N) is 2. The van der Waals surface area contributed by atoms with E-state index < -0.39 is 23.4 Å². The Balaban J connectivity index is 1.50. The Labute approximate surface area is 149 Å². The molecule has 0 atom stereocenters. The lowest BCUT2D eigenvalue weighted by atomic mass is 10.1. The van der Waals surface area contributed by atoms with E-state index in [1.807, 2.05) is 6.07 Å². The molecule has 26 heavy (non-hydrogen) atoms. The van der Waals surface area contributed by atoms with E-state index in [9.17, 15) is 18.4 Å². The Hall–Kier alpha value is -2.96. The van der Waals surface area contributed by atoms with Crippen molar-refractivity contribution in [1.82, 2.24) is 0 Å². The van der Waals surface area contributed by atoms with Crippen LogP contribution in [0.25, 0.3) is 0 Å². The molecule has 1 aliphatic heterocycles. The summed E-state index contributed by atoms with van der Waals surface area (Å²) in [6.45, 7) is 0.640. The fraction of sp³-hybridized carbons (Fsp3) is 0.263. The molecule has 1 fully saturated rings. The molecule has 0 aromatic heterocycles. The van der Waals surface area contributed by atoms with Gasteiger partial charge in [-0.1, -0.05) is 12.1 Å². The highest BCUT2D eigenvalue weighted by Crippen LogP contribution is 2.37. The molecule has 2 aliphatic rings. The maximum Gasteiger partial charge on any atom is 0.323 e. The fourth-order valence-corrected chi connectivity index (χ4v) is 3.13. The number of nitrogens with zero attached hydrogens (tertiary/aromatic N) is 1. The van der Waals surface area contributed by atoms with Crippen LogP contribution in [-0.4, -0.2) is 18.5 Å². The third-order valence-electron chi connectivity index (χ3n) is 4.63. The maximum absolute atomic E-state index is 13.6. The summed E-state index contributed by atoms with van der Waals surface area (Å²) in [4.78, 5) is 26.2. The molecular weight excluding hydrogens is 340 g/mol. The van der Waals surface area contributed by atoms with Gasteiger partial charge in [0.1, 0.15) is 17.3 Å². The van der Waals surface area contributed by atoms with Crippen LogP contribution in [0.5, 0.6) is 0 Å². The number of rotatable bonds is 3. The summed E-state index contributed by atoms with van der Waals surface area (Å²) in [5.41, 5.74) is 1.78. The average Bonchev–Trinajstić information content (AvgIpc) is 3.38. The van der Waals surface area contributed by atoms with Crippen LogP contribution in [0.1, 0.15) is 18.4 Å². The molecule has 2 aromatic rings. The summed E-state index contributed by atoms with van der Waals surface area (Å²) in [5, 5.41) is 4.73. The second-order valence-electron chi connectivity index (χ2n) is 6.53. The van der Waals surface area contributed by atoms with Crippen LogP contribution < -0.4 is 15.5 Å². The molecule has 2 aromatic carbocycles. The molecule has 0 spiro atoms. The van der Waals surface area contributed by atoms with Crippen LogP contribution in [0, 0.1) is 17.6 Å². The van der Waals surface area contributed by atoms with Gasteiger partial charge in [0.05, 0.1) is 0 Å². The molecule has 7 heteroatoms. The fourth-order valence-electron chi connectivity index (χ4n) is 3.13. The zero-order valence-electron chi connectivity index (χ0n) is 13.9. The number of hydrogen-bond donors (Lipinski definition) is 2. The molecule has 0 unspecified atom stereocenters. The molecule has 0 bridgehead atoms. The minimum Gasteiger partial charge on any atom is -0.312 e. The maximum atomic E-state index is 13.6. The van der Waals surface area contributed by atoms with Crippen LogP contribution in [0.3, 0.4) is 0 Å². The lowest BCUT2D eigenvalue weighted by Crippen LogP contribution is -2.30. The predicted octanol–water partition coefficient (Wildman–Crippen LogP) is 3.91. The Morgan fingerprint density at radius 2 is 1.77 bits per heavy atom. The Morgan fingerprint density at radius 1 is 1.04 bits per heavy atom. The largest absolute Gasteiger partial charge is 0.323 e. The van der Waals surface area contributed by atoms with Crippen molar-refractivity contribution in [2.24, 2.45) is 5.92 Å². The summed E-state index contributed by atoms with van der Waals surface area (Å²) in [6.07, 6.45) is 2.64. The SMILES string of the molecule is O=C(Nc1ccc2c(c1)N(C(=O)C1CC1)CC2)Nc1c(F)cccc1F. The summed E-state index contributed by atoms with van der Waals surface area (Å²) >= 11 is 0. The van der Waals surface area contributed by atoms with Crippen molar-refractivity contribution < 1.29 is 18.4 Å². The first-order chi connectivity index (χ1) is 12.5. The monoisotopic (exact) mass is 357 g/mol. The van der Waals surface area contributed by atoms with Crippen molar-refractivity contribution in [3.05, 3.63) is 53.6 Å². The van der Waals surface area contributed by atoms with Gasteiger partial charge < -0.3 is 15.5 Å². The van der Waals surface area contributed by atoms with Crippen molar-refractivity contribution in [2.75, 3.05) is 22.1 Å². The molecule has 3 amide bonds. The van der Waals surface area contributed by atoms with Crippen LogP contribution >= 0.6 is 0 Å². The van der Waals surface area contributed by atoms with Gasteiger partial charge in [0.25, 0.3) is 0 Å². The van der Waals surface area contributed by atoms with Crippen molar-refractivity contribution >= 4 is 29.0 Å². The zero-order chi connectivity index (χ0) is 18.3. The molecule has 134 valence electrons. The highest BCUT2D eigenvalue weighted by molar-refractivity contribution is 6.02. The van der Waals surface area contributed by atoms with Gasteiger partial charge in [-0.3, -0.25) is 4.79 Å². The van der Waals surface area contributed by atoms with Gasteiger partial charge in [0.2, 0.25) is 5.91 Å². The van der Waals surface area contributed by atoms with Gasteiger partial charge in [-0.15, -0.1) is 0 Å². The van der Waals surface area contributed by atoms with E-state index in [1.54, 1.807) is 17.0 Å². The molecular formula is C19H17F2N3O2. The first-order valence-corrected chi connectivity index (χ1v) is 8.49. The Bertz CT molecular complexity index is 876. The van der Waals surface area contributed by atoms with E-state index in [-0.39, 0.29) is 11.8 Å². The number of carbonyl (C=O) groups is 2. The van der Waals surface area contributed by atoms with Gasteiger partial charge in [-0.05, 0) is 49.1 Å². The summed E-state index contributed by atoms with van der Waals surface area (Å²) in [6, 6.07) is 7.88. The highest BCUT2D eigenvalue weighted by Gasteiger charge is 2.36. The molecule has 5 nitrogen and oxygen atoms in total. The normalized spacial score (nSPS) is 15.5. The Morgan fingerprint density at radius 3 is 2.46 bits per heavy atom. The van der Waals surface area contributed by atoms with E-state index in [2.05, 4.69) is 10.6 Å². The van der Waals surface area contributed by atoms with Crippen LogP contribution in [-0.2, 0) is 11.2 Å². The van der Waals surface area contributed by atoms with Crippen LogP contribution in [0.15, 0.2) is 36.4 Å². The Kier molecular flexibility index (Phi) is 4.06. The molecule has 4 rings (SSSR count). The number of halogens is 2. The number of hydrogen-bond acceptors (Lipinski definition) is 2. The average molecular weight is 357 g/mol. The predicted molar refractivity (Wildman–Crippen MR) is 94.2 cm³/mol. The molecule has 1 heterocycles. The van der Waals surface area contributed by atoms with Crippen molar-refractivity contribution in [3.63, 3.8) is 0 Å². The van der Waals surface area contributed by atoms with Crippen LogP contribution in [0.4, 0.5) is 30.6 Å². The van der Waals surface area contributed by atoms with Gasteiger partial charge in [0, 0.05) is 23.8 Å². The van der Waals surface area contributed by atoms with Gasteiger partial charge in [-0.25, -0.2) is 13.6 Å². The topological polar surface area (TPSA) is 61.4 Å². The number of fused-ring (bicyclic) bond motifs is 1. The lowest BCUT2D eigenvalue weighted by molar-refractivity contribution is -0.119. The van der Waals surface area contributed by atoms with Crippen molar-refractivity contribution in [3.8, 4) is 0 Å². The lowest BCUT2D eigenvalue weighted by Gasteiger charge is -2.18. The number of carbonyl (C=O) groups excluding carboxylic acids is 2. The highest BCUT2D eigenvalue weighted by atomic mass is 19.1. The zero-order valence-corrected chi connectivity index (χ0v) is 13.9. The molecule has 0 saturated heterocycles. The van der Waals surface area contributed by atoms with E-state index >= 15 is 0 Å². The van der Waals surface area contributed by atoms with Gasteiger partial charge >= 0.3 is 6.03 Å². The number of urea groups is 1. The molecule has 2 N–H and O–H groups in total. The van der Waals surface area contributed by atoms with E-state index in [0.29, 0.717) is 12.2 Å². The number of amides is 3. The van der Waals surface area contributed by atoms with Crippen LogP contribution in [0.2, 0.25) is 0 Å². The smallest absolute Gasteiger partial charge is 0.312 e. The molecule has 0 radical (unpaired) electrons. The summed E-state index contributed by atoms with van der Waals surface area (Å²) in [7, 11) is 0. The number of para-hydroxylation sites is 1. The standard InChI is InChI=1S/C19H17F2N3O2/c20-14-2-1-3-15(21)17(14)23-19(26)22-13-7-6-11-8-9-24(16(11)10-13)18(25)12-4-5-12/h1-3,6-7,10,12H,4-5,8-9H2,(H2,22,23,26). The first kappa shape index (κ1) is 16.5. The minimum absolute atomic E-state index is 0.116. The summed E-state index contributed by atoms with van der Waals surface area (Å²) < 4.78 is 27.2. The second kappa shape index (κ2) is 6.40. The molecule has 1 saturated carbocycles. The first-order valence-electron chi connectivity index (χ1n) is 8.49. The van der Waals surface area contributed by atoms with Crippen molar-refractivity contribution in [2.45, 2.75) is 19.3 Å². The van der Waals surface area contributed by atoms with Gasteiger partial charge in [0.15, 0.2) is 0 Å². The van der Waals surface area contributed by atoms with E-state index in [1.165, 1.54) is 6.07 Å². The van der Waals surface area contributed by atoms with Gasteiger partial charge in [-0.2, -0.15) is 0 Å². The summed E-state index contributed by atoms with van der Waals surface area (Å²) in [5.74, 6) is -1.46. The quantitative estimate of drug-likeness (QED) is 0.875. The second-order valence-corrected chi connectivity index (χ2v) is 6.53. The van der Waals surface area contributed by atoms with E-state index in [0.717, 1.165) is 42.6 Å².